The molecule has 6 nitrogen and oxygen atoms in total. The smallest absolute Gasteiger partial charge is 0.241 e. The Morgan fingerprint density at radius 2 is 2.22 bits per heavy atom. The average molecular weight is 369 g/mol. The van der Waals surface area contributed by atoms with Crippen molar-refractivity contribution in [1.29, 1.82) is 0 Å². The van der Waals surface area contributed by atoms with Gasteiger partial charge in [0, 0.05) is 24.5 Å². The van der Waals surface area contributed by atoms with Crippen LogP contribution in [0.15, 0.2) is 39.7 Å². The number of hydrogen-bond donors (Lipinski definition) is 1. The van der Waals surface area contributed by atoms with Gasteiger partial charge in [0.25, 0.3) is 0 Å². The number of hydrogen-bond acceptors (Lipinski definition) is 4. The van der Waals surface area contributed by atoms with Gasteiger partial charge in [-0.05, 0) is 55.7 Å². The Labute approximate surface area is 158 Å². The number of nitrogens with zero attached hydrogens (tertiary/aromatic N) is 4. The van der Waals surface area contributed by atoms with Crippen LogP contribution in [0.2, 0.25) is 0 Å². The number of carbonyl (C=O) groups excluding carboxylic acids is 1. The number of hydrazine groups is 1. The van der Waals surface area contributed by atoms with Gasteiger partial charge < -0.3 is 0 Å². The van der Waals surface area contributed by atoms with Crippen LogP contribution in [0, 0.1) is 11.7 Å². The van der Waals surface area contributed by atoms with Crippen LogP contribution >= 0.6 is 0 Å². The largest absolute Gasteiger partial charge is 0.300 e. The minimum atomic E-state index is -0.406. The summed E-state index contributed by atoms with van der Waals surface area (Å²) >= 11 is 0. The number of rotatable bonds is 5. The van der Waals surface area contributed by atoms with E-state index in [1.54, 1.807) is 6.20 Å². The molecule has 1 N–H and O–H groups in total. The molecule has 7 heteroatoms. The normalized spacial score (nSPS) is 28.9. The van der Waals surface area contributed by atoms with E-state index in [-0.39, 0.29) is 18.0 Å². The average Bonchev–Trinajstić information content (AvgIpc) is 3.48. The SMILES string of the molecule is CCC(C=NC(C)=NC12CC1C2)=C1CCC(=O)N(Cc2cncc(F)c2)N1. The molecule has 0 spiro atoms. The monoisotopic (exact) mass is 369 g/mol. The van der Waals surface area contributed by atoms with Crippen molar-refractivity contribution in [2.24, 2.45) is 15.9 Å². The lowest BCUT2D eigenvalue weighted by Gasteiger charge is -2.31. The van der Waals surface area contributed by atoms with Crippen LogP contribution in [0.3, 0.4) is 0 Å². The van der Waals surface area contributed by atoms with Gasteiger partial charge in [0.15, 0.2) is 0 Å². The predicted molar refractivity (Wildman–Crippen MR) is 101 cm³/mol. The number of aromatic nitrogens is 1. The van der Waals surface area contributed by atoms with Crippen molar-refractivity contribution in [3.63, 3.8) is 0 Å². The van der Waals surface area contributed by atoms with Crippen molar-refractivity contribution in [2.45, 2.75) is 58.0 Å². The number of nitrogens with one attached hydrogen (secondary N) is 1. The highest BCUT2D eigenvalue weighted by Crippen LogP contribution is 2.69. The Morgan fingerprint density at radius 1 is 1.44 bits per heavy atom. The molecule has 0 atom stereocenters. The van der Waals surface area contributed by atoms with E-state index in [0.29, 0.717) is 18.4 Å². The molecule has 4 rings (SSSR count). The van der Waals surface area contributed by atoms with Gasteiger partial charge in [-0.25, -0.2) is 9.38 Å². The van der Waals surface area contributed by atoms with Gasteiger partial charge in [-0.3, -0.25) is 25.2 Å². The van der Waals surface area contributed by atoms with Crippen molar-refractivity contribution in [3.05, 3.63) is 41.1 Å². The van der Waals surface area contributed by atoms with Gasteiger partial charge in [0.05, 0.1) is 18.3 Å². The number of aliphatic imine (C=N–C) groups is 2. The first-order chi connectivity index (χ1) is 13.0. The molecule has 0 unspecified atom stereocenters. The Hall–Kier alpha value is -2.57. The molecule has 1 aliphatic heterocycles. The van der Waals surface area contributed by atoms with E-state index in [9.17, 15) is 9.18 Å². The van der Waals surface area contributed by atoms with Crippen molar-refractivity contribution in [1.82, 2.24) is 15.4 Å². The second-order valence-corrected chi connectivity index (χ2v) is 7.59. The molecule has 0 radical (unpaired) electrons. The lowest BCUT2D eigenvalue weighted by molar-refractivity contribution is -0.136. The lowest BCUT2D eigenvalue weighted by atomic mass is 10.1. The van der Waals surface area contributed by atoms with Crippen LogP contribution in [0.1, 0.15) is 51.5 Å². The molecule has 3 aliphatic rings. The fourth-order valence-electron chi connectivity index (χ4n) is 3.50. The summed E-state index contributed by atoms with van der Waals surface area (Å²) < 4.78 is 13.4. The number of pyridine rings is 1. The Morgan fingerprint density at radius 3 is 2.89 bits per heavy atom. The van der Waals surface area contributed by atoms with Crippen LogP contribution in [0.25, 0.3) is 0 Å². The molecular formula is C20H24FN5O. The molecule has 2 saturated carbocycles. The lowest BCUT2D eigenvalue weighted by Crippen LogP contribution is -2.45. The molecule has 2 aliphatic carbocycles. The number of carbonyl (C=O) groups is 1. The molecule has 1 aromatic heterocycles. The quantitative estimate of drug-likeness (QED) is 0.640. The van der Waals surface area contributed by atoms with Gasteiger partial charge in [0.2, 0.25) is 5.91 Å². The zero-order valence-corrected chi connectivity index (χ0v) is 15.7. The molecule has 1 saturated heterocycles. The van der Waals surface area contributed by atoms with Gasteiger partial charge in [-0.15, -0.1) is 0 Å². The summed E-state index contributed by atoms with van der Waals surface area (Å²) in [4.78, 5) is 25.3. The first kappa shape index (κ1) is 17.8. The van der Waals surface area contributed by atoms with E-state index in [1.165, 1.54) is 23.9 Å². The molecule has 1 aromatic rings. The summed E-state index contributed by atoms with van der Waals surface area (Å²) in [6.07, 6.45) is 8.88. The van der Waals surface area contributed by atoms with Crippen LogP contribution in [-0.4, -0.2) is 33.5 Å². The zero-order valence-electron chi connectivity index (χ0n) is 15.7. The number of fused-ring (bicyclic) bond motifs is 1. The maximum absolute atomic E-state index is 13.4. The number of amides is 1. The molecular weight excluding hydrogens is 345 g/mol. The molecule has 3 fully saturated rings. The Balaban J connectivity index is 1.47. The number of amidine groups is 1. The summed E-state index contributed by atoms with van der Waals surface area (Å²) in [5.74, 6) is 1.21. The number of allylic oxidation sites excluding steroid dienone is 2. The molecule has 0 aromatic carbocycles. The third-order valence-electron chi connectivity index (χ3n) is 5.46. The maximum atomic E-state index is 13.4. The summed E-state index contributed by atoms with van der Waals surface area (Å²) in [5.41, 5.74) is 6.12. The van der Waals surface area contributed by atoms with E-state index in [0.717, 1.165) is 35.6 Å². The van der Waals surface area contributed by atoms with Gasteiger partial charge in [-0.2, -0.15) is 0 Å². The van der Waals surface area contributed by atoms with Crippen molar-refractivity contribution in [2.75, 3.05) is 0 Å². The molecule has 27 heavy (non-hydrogen) atoms. The second-order valence-electron chi connectivity index (χ2n) is 7.59. The third-order valence-corrected chi connectivity index (χ3v) is 5.46. The summed E-state index contributed by atoms with van der Waals surface area (Å²) in [6, 6.07) is 1.39. The van der Waals surface area contributed by atoms with Crippen LogP contribution in [-0.2, 0) is 11.3 Å². The zero-order chi connectivity index (χ0) is 19.0. The standard InChI is InChI=1S/C20H24FN5O/c1-3-15(10-23-13(2)24-20-7-16(20)8-20)18-4-5-19(27)26(25-18)12-14-6-17(21)11-22-9-14/h6,9-11,16,25H,3-5,7-8,12H2,1-2H3. The third kappa shape index (κ3) is 3.91. The van der Waals surface area contributed by atoms with E-state index in [1.807, 2.05) is 13.1 Å². The molecule has 1 amide bonds. The predicted octanol–water partition coefficient (Wildman–Crippen LogP) is 3.16. The minimum absolute atomic E-state index is 0.0132. The second kappa shape index (κ2) is 6.87. The minimum Gasteiger partial charge on any atom is -0.300 e. The topological polar surface area (TPSA) is 70.0 Å². The van der Waals surface area contributed by atoms with Crippen molar-refractivity contribution < 1.29 is 9.18 Å². The Bertz CT molecular complexity index is 854. The summed E-state index contributed by atoms with van der Waals surface area (Å²) in [5, 5.41) is 1.53. The summed E-state index contributed by atoms with van der Waals surface area (Å²) in [6.45, 7) is 4.28. The fourth-order valence-corrected chi connectivity index (χ4v) is 3.50. The first-order valence-electron chi connectivity index (χ1n) is 9.48. The van der Waals surface area contributed by atoms with Gasteiger partial charge in [0.1, 0.15) is 11.7 Å². The number of halogens is 1. The van der Waals surface area contributed by atoms with Gasteiger partial charge >= 0.3 is 0 Å². The van der Waals surface area contributed by atoms with Crippen LogP contribution in [0.4, 0.5) is 4.39 Å². The molecule has 0 bridgehead atoms. The first-order valence-corrected chi connectivity index (χ1v) is 9.48. The Kier molecular flexibility index (Phi) is 4.53. The molecule has 142 valence electrons. The molecule has 2 heterocycles. The van der Waals surface area contributed by atoms with E-state index < -0.39 is 5.82 Å². The van der Waals surface area contributed by atoms with Crippen LogP contribution in [0.5, 0.6) is 0 Å². The van der Waals surface area contributed by atoms with Crippen molar-refractivity contribution in [3.8, 4) is 0 Å². The highest BCUT2D eigenvalue weighted by atomic mass is 19.1. The van der Waals surface area contributed by atoms with E-state index >= 15 is 0 Å². The summed E-state index contributed by atoms with van der Waals surface area (Å²) in [7, 11) is 0. The van der Waals surface area contributed by atoms with Crippen LogP contribution < -0.4 is 5.43 Å². The fraction of sp³-hybridized carbons (Fsp3) is 0.500. The highest BCUT2D eigenvalue weighted by Gasteiger charge is 2.70. The van der Waals surface area contributed by atoms with E-state index in [2.05, 4.69) is 22.3 Å². The van der Waals surface area contributed by atoms with Crippen molar-refractivity contribution >= 4 is 18.0 Å². The highest BCUT2D eigenvalue weighted by molar-refractivity contribution is 5.94. The van der Waals surface area contributed by atoms with Gasteiger partial charge in [-0.1, -0.05) is 6.92 Å². The maximum Gasteiger partial charge on any atom is 0.241 e. The van der Waals surface area contributed by atoms with E-state index in [4.69, 9.17) is 4.99 Å².